The van der Waals surface area contributed by atoms with Gasteiger partial charge in [0.25, 0.3) is 5.91 Å². The van der Waals surface area contributed by atoms with Gasteiger partial charge >= 0.3 is 0 Å². The van der Waals surface area contributed by atoms with Crippen LogP contribution < -0.4 is 4.90 Å². The van der Waals surface area contributed by atoms with E-state index >= 15 is 0 Å². The number of hydrogen-bond acceptors (Lipinski definition) is 4. The number of pyridine rings is 1. The molecule has 0 aliphatic rings. The number of anilines is 1. The molecule has 5 nitrogen and oxygen atoms in total. The number of rotatable bonds is 6. The SMILES string of the molecule is O=C(c1ccccc1)c1ccccc1C(=O)N(Cc1ccccn1)c1ccccc1O. The van der Waals surface area contributed by atoms with Crippen molar-refractivity contribution in [1.82, 2.24) is 4.98 Å². The number of nitrogens with zero attached hydrogens (tertiary/aromatic N) is 2. The van der Waals surface area contributed by atoms with Crippen LogP contribution in [0.1, 0.15) is 32.0 Å². The van der Waals surface area contributed by atoms with Crippen molar-refractivity contribution in [2.45, 2.75) is 6.54 Å². The number of aromatic hydroxyl groups is 1. The molecule has 1 heterocycles. The van der Waals surface area contributed by atoms with Crippen LogP contribution in [-0.2, 0) is 6.54 Å². The predicted molar refractivity (Wildman–Crippen MR) is 119 cm³/mol. The van der Waals surface area contributed by atoms with Crippen LogP contribution >= 0.6 is 0 Å². The van der Waals surface area contributed by atoms with E-state index in [1.807, 2.05) is 12.1 Å². The molecule has 0 unspecified atom stereocenters. The highest BCUT2D eigenvalue weighted by Crippen LogP contribution is 2.30. The molecule has 5 heteroatoms. The van der Waals surface area contributed by atoms with Crippen molar-refractivity contribution in [3.63, 3.8) is 0 Å². The van der Waals surface area contributed by atoms with Gasteiger partial charge in [0, 0.05) is 17.3 Å². The Morgan fingerprint density at radius 2 is 1.39 bits per heavy atom. The van der Waals surface area contributed by atoms with Crippen LogP contribution in [0.5, 0.6) is 5.75 Å². The first-order chi connectivity index (χ1) is 15.1. The van der Waals surface area contributed by atoms with E-state index in [2.05, 4.69) is 4.98 Å². The summed E-state index contributed by atoms with van der Waals surface area (Å²) in [4.78, 5) is 32.6. The summed E-state index contributed by atoms with van der Waals surface area (Å²) in [5.74, 6) is -0.662. The Morgan fingerprint density at radius 3 is 2.10 bits per heavy atom. The molecule has 4 aromatic rings. The Hall–Kier alpha value is -4.25. The highest BCUT2D eigenvalue weighted by Gasteiger charge is 2.25. The zero-order valence-corrected chi connectivity index (χ0v) is 16.7. The summed E-state index contributed by atoms with van der Waals surface area (Å²) in [5.41, 5.74) is 2.07. The molecule has 0 bridgehead atoms. The number of hydrogen-bond donors (Lipinski definition) is 1. The zero-order chi connectivity index (χ0) is 21.6. The van der Waals surface area contributed by atoms with Gasteiger partial charge < -0.3 is 5.11 Å². The molecule has 3 aromatic carbocycles. The maximum absolute atomic E-state index is 13.7. The molecule has 31 heavy (non-hydrogen) atoms. The summed E-state index contributed by atoms with van der Waals surface area (Å²) >= 11 is 0. The molecule has 0 atom stereocenters. The Labute approximate surface area is 180 Å². The van der Waals surface area contributed by atoms with Gasteiger partial charge in [0.2, 0.25) is 0 Å². The third-order valence-corrected chi connectivity index (χ3v) is 4.90. The van der Waals surface area contributed by atoms with E-state index in [0.29, 0.717) is 22.5 Å². The van der Waals surface area contributed by atoms with Crippen molar-refractivity contribution in [3.8, 4) is 5.75 Å². The highest BCUT2D eigenvalue weighted by atomic mass is 16.3. The van der Waals surface area contributed by atoms with Gasteiger partial charge in [-0.15, -0.1) is 0 Å². The summed E-state index contributed by atoms with van der Waals surface area (Å²) in [6, 6.07) is 27.6. The highest BCUT2D eigenvalue weighted by molar-refractivity contribution is 6.18. The lowest BCUT2D eigenvalue weighted by atomic mass is 9.97. The monoisotopic (exact) mass is 408 g/mol. The molecule has 0 spiro atoms. The molecule has 4 rings (SSSR count). The second-order valence-corrected chi connectivity index (χ2v) is 6.94. The summed E-state index contributed by atoms with van der Waals surface area (Å²) < 4.78 is 0. The van der Waals surface area contributed by atoms with Gasteiger partial charge in [-0.2, -0.15) is 0 Å². The molecule has 0 radical (unpaired) electrons. The van der Waals surface area contributed by atoms with E-state index in [1.54, 1.807) is 85.1 Å². The number of ketones is 1. The van der Waals surface area contributed by atoms with E-state index in [-0.39, 0.29) is 23.6 Å². The number of aromatic nitrogens is 1. The van der Waals surface area contributed by atoms with E-state index in [0.717, 1.165) is 0 Å². The number of benzene rings is 3. The first-order valence-corrected chi connectivity index (χ1v) is 9.83. The van der Waals surface area contributed by atoms with Crippen molar-refractivity contribution in [2.24, 2.45) is 0 Å². The zero-order valence-electron chi connectivity index (χ0n) is 16.7. The Morgan fingerprint density at radius 1 is 0.742 bits per heavy atom. The van der Waals surface area contributed by atoms with Crippen molar-refractivity contribution in [1.29, 1.82) is 0 Å². The van der Waals surface area contributed by atoms with Crippen LogP contribution in [0, 0.1) is 0 Å². The number of phenols is 1. The molecule has 0 fully saturated rings. The second-order valence-electron chi connectivity index (χ2n) is 6.94. The normalized spacial score (nSPS) is 10.5. The van der Waals surface area contributed by atoms with E-state index < -0.39 is 5.91 Å². The summed E-state index contributed by atoms with van der Waals surface area (Å²) in [6.45, 7) is 0.144. The number of carbonyl (C=O) groups is 2. The first kappa shape index (κ1) is 20.0. The Bertz CT molecular complexity index is 1210. The van der Waals surface area contributed by atoms with Gasteiger partial charge in [0.05, 0.1) is 23.5 Å². The molecule has 1 aromatic heterocycles. The quantitative estimate of drug-likeness (QED) is 0.462. The Kier molecular flexibility index (Phi) is 5.85. The molecule has 1 amide bonds. The molecule has 0 saturated carbocycles. The van der Waals surface area contributed by atoms with Gasteiger partial charge in [-0.1, -0.05) is 66.7 Å². The molecular formula is C26H20N2O3. The molecule has 0 saturated heterocycles. The van der Waals surface area contributed by atoms with E-state index in [9.17, 15) is 14.7 Å². The van der Waals surface area contributed by atoms with Crippen molar-refractivity contribution in [2.75, 3.05) is 4.90 Å². The van der Waals surface area contributed by atoms with Crippen molar-refractivity contribution in [3.05, 3.63) is 126 Å². The summed E-state index contributed by atoms with van der Waals surface area (Å²) in [6.07, 6.45) is 1.65. The number of carbonyl (C=O) groups excluding carboxylic acids is 2. The minimum atomic E-state index is -0.396. The van der Waals surface area contributed by atoms with E-state index in [4.69, 9.17) is 0 Å². The summed E-state index contributed by atoms with van der Waals surface area (Å²) in [5, 5.41) is 10.4. The Balaban J connectivity index is 1.78. The molecule has 152 valence electrons. The van der Waals surface area contributed by atoms with Crippen LogP contribution in [0.4, 0.5) is 5.69 Å². The average Bonchev–Trinajstić information content (AvgIpc) is 2.83. The van der Waals surface area contributed by atoms with Gasteiger partial charge in [0.15, 0.2) is 5.78 Å². The maximum atomic E-state index is 13.7. The third kappa shape index (κ3) is 4.36. The minimum absolute atomic E-state index is 0.0290. The molecular weight excluding hydrogens is 388 g/mol. The fourth-order valence-corrected chi connectivity index (χ4v) is 3.37. The van der Waals surface area contributed by atoms with Crippen LogP contribution in [0.25, 0.3) is 0 Å². The average molecular weight is 408 g/mol. The lowest BCUT2D eigenvalue weighted by molar-refractivity contribution is 0.0968. The van der Waals surface area contributed by atoms with Crippen LogP contribution in [0.2, 0.25) is 0 Å². The van der Waals surface area contributed by atoms with Crippen molar-refractivity contribution >= 4 is 17.4 Å². The summed E-state index contributed by atoms with van der Waals surface area (Å²) in [7, 11) is 0. The van der Waals surface area contributed by atoms with Crippen LogP contribution in [-0.4, -0.2) is 21.8 Å². The lowest BCUT2D eigenvalue weighted by Gasteiger charge is -2.24. The molecule has 0 aliphatic heterocycles. The number of para-hydroxylation sites is 2. The maximum Gasteiger partial charge on any atom is 0.259 e. The topological polar surface area (TPSA) is 70.5 Å². The fourth-order valence-electron chi connectivity index (χ4n) is 3.37. The number of amides is 1. The van der Waals surface area contributed by atoms with Crippen molar-refractivity contribution < 1.29 is 14.7 Å². The van der Waals surface area contributed by atoms with Gasteiger partial charge in [-0.3, -0.25) is 19.5 Å². The van der Waals surface area contributed by atoms with Crippen LogP contribution in [0.15, 0.2) is 103 Å². The smallest absolute Gasteiger partial charge is 0.259 e. The lowest BCUT2D eigenvalue weighted by Crippen LogP contribution is -2.32. The first-order valence-electron chi connectivity index (χ1n) is 9.83. The molecule has 1 N–H and O–H groups in total. The van der Waals surface area contributed by atoms with Gasteiger partial charge in [-0.25, -0.2) is 0 Å². The van der Waals surface area contributed by atoms with Crippen LogP contribution in [0.3, 0.4) is 0 Å². The molecule has 0 aliphatic carbocycles. The largest absolute Gasteiger partial charge is 0.506 e. The van der Waals surface area contributed by atoms with Gasteiger partial charge in [0.1, 0.15) is 5.75 Å². The standard InChI is InChI=1S/C26H20N2O3/c29-24-16-7-6-15-23(24)28(18-20-12-8-9-17-27-20)26(31)22-14-5-4-13-21(22)25(30)19-10-2-1-3-11-19/h1-17,29H,18H2. The number of phenolic OH excluding ortho intramolecular Hbond substituents is 1. The fraction of sp³-hybridized carbons (Fsp3) is 0.0385. The van der Waals surface area contributed by atoms with E-state index in [1.165, 1.54) is 11.0 Å². The second kappa shape index (κ2) is 9.05. The minimum Gasteiger partial charge on any atom is -0.506 e. The third-order valence-electron chi connectivity index (χ3n) is 4.90. The predicted octanol–water partition coefficient (Wildman–Crippen LogP) is 4.87. The van der Waals surface area contributed by atoms with Gasteiger partial charge in [-0.05, 0) is 30.3 Å².